The first kappa shape index (κ1) is 13.8. The maximum absolute atomic E-state index is 13.2. The SMILES string of the molecule is COc1cc(C)nc(CNc2ccc(F)c(C#N)c2)c1. The Morgan fingerprint density at radius 3 is 2.85 bits per heavy atom. The predicted molar refractivity (Wildman–Crippen MR) is 74.0 cm³/mol. The number of methoxy groups -OCH3 is 1. The van der Waals surface area contributed by atoms with Crippen LogP contribution in [0.15, 0.2) is 30.3 Å². The number of pyridine rings is 1. The summed E-state index contributed by atoms with van der Waals surface area (Å²) in [6.07, 6.45) is 0. The molecule has 20 heavy (non-hydrogen) atoms. The van der Waals surface area contributed by atoms with Crippen molar-refractivity contribution >= 4 is 5.69 Å². The number of aromatic nitrogens is 1. The quantitative estimate of drug-likeness (QED) is 0.928. The molecule has 1 aromatic heterocycles. The number of rotatable bonds is 4. The van der Waals surface area contributed by atoms with Crippen LogP contribution >= 0.6 is 0 Å². The van der Waals surface area contributed by atoms with Crippen LogP contribution < -0.4 is 10.1 Å². The third-order valence-corrected chi connectivity index (χ3v) is 2.78. The van der Waals surface area contributed by atoms with Crippen molar-refractivity contribution in [2.75, 3.05) is 12.4 Å². The van der Waals surface area contributed by atoms with Gasteiger partial charge in [-0.1, -0.05) is 0 Å². The van der Waals surface area contributed by atoms with Crippen molar-refractivity contribution in [2.45, 2.75) is 13.5 Å². The molecule has 0 saturated carbocycles. The molecule has 102 valence electrons. The van der Waals surface area contributed by atoms with E-state index in [1.165, 1.54) is 12.1 Å². The third-order valence-electron chi connectivity index (χ3n) is 2.78. The van der Waals surface area contributed by atoms with Gasteiger partial charge in [-0.2, -0.15) is 5.26 Å². The van der Waals surface area contributed by atoms with E-state index in [4.69, 9.17) is 10.00 Å². The van der Waals surface area contributed by atoms with Gasteiger partial charge in [0, 0.05) is 23.5 Å². The molecule has 0 radical (unpaired) electrons. The van der Waals surface area contributed by atoms with Crippen LogP contribution in [0.1, 0.15) is 17.0 Å². The average molecular weight is 271 g/mol. The fourth-order valence-electron chi connectivity index (χ4n) is 1.82. The molecule has 1 aromatic carbocycles. The van der Waals surface area contributed by atoms with E-state index in [1.54, 1.807) is 13.2 Å². The highest BCUT2D eigenvalue weighted by Gasteiger charge is 2.04. The number of anilines is 1. The number of halogens is 1. The fourth-order valence-corrected chi connectivity index (χ4v) is 1.82. The zero-order valence-electron chi connectivity index (χ0n) is 11.3. The number of benzene rings is 1. The van der Waals surface area contributed by atoms with Gasteiger partial charge >= 0.3 is 0 Å². The Morgan fingerprint density at radius 2 is 2.15 bits per heavy atom. The first-order valence-electron chi connectivity index (χ1n) is 6.07. The Bertz CT molecular complexity index is 665. The molecule has 0 amide bonds. The smallest absolute Gasteiger partial charge is 0.141 e. The normalized spacial score (nSPS) is 9.90. The Kier molecular flexibility index (Phi) is 4.16. The standard InChI is InChI=1S/C15H14FN3O/c1-10-5-14(20-2)7-13(19-10)9-18-12-3-4-15(16)11(6-12)8-17/h3-7,18H,9H2,1-2H3. The van der Waals surface area contributed by atoms with Crippen molar-refractivity contribution in [3.63, 3.8) is 0 Å². The summed E-state index contributed by atoms with van der Waals surface area (Å²) in [7, 11) is 1.60. The minimum Gasteiger partial charge on any atom is -0.497 e. The van der Waals surface area contributed by atoms with E-state index in [2.05, 4.69) is 10.3 Å². The minimum absolute atomic E-state index is 0.0183. The van der Waals surface area contributed by atoms with Gasteiger partial charge in [-0.3, -0.25) is 4.98 Å². The molecular formula is C15H14FN3O. The molecule has 1 N–H and O–H groups in total. The van der Waals surface area contributed by atoms with Crippen LogP contribution in [-0.2, 0) is 6.54 Å². The number of nitrogens with one attached hydrogen (secondary N) is 1. The first-order valence-corrected chi connectivity index (χ1v) is 6.07. The fraction of sp³-hybridized carbons (Fsp3) is 0.200. The van der Waals surface area contributed by atoms with Gasteiger partial charge < -0.3 is 10.1 Å². The van der Waals surface area contributed by atoms with E-state index in [1.807, 2.05) is 25.1 Å². The van der Waals surface area contributed by atoms with E-state index < -0.39 is 5.82 Å². The highest BCUT2D eigenvalue weighted by Crippen LogP contribution is 2.17. The van der Waals surface area contributed by atoms with Crippen LogP contribution in [0.4, 0.5) is 10.1 Å². The molecule has 0 aliphatic carbocycles. The molecule has 4 nitrogen and oxygen atoms in total. The Morgan fingerprint density at radius 1 is 1.35 bits per heavy atom. The summed E-state index contributed by atoms with van der Waals surface area (Å²) in [4.78, 5) is 4.38. The molecule has 2 rings (SSSR count). The molecule has 0 atom stereocenters. The molecule has 0 bridgehead atoms. The summed E-state index contributed by atoms with van der Waals surface area (Å²) in [6.45, 7) is 2.35. The van der Waals surface area contributed by atoms with Crippen molar-refractivity contribution in [3.05, 3.63) is 53.1 Å². The van der Waals surface area contributed by atoms with E-state index in [-0.39, 0.29) is 5.56 Å². The average Bonchev–Trinajstić information content (AvgIpc) is 2.45. The molecule has 0 saturated heterocycles. The molecule has 0 aliphatic heterocycles. The van der Waals surface area contributed by atoms with E-state index in [9.17, 15) is 4.39 Å². The monoisotopic (exact) mass is 271 g/mol. The van der Waals surface area contributed by atoms with Gasteiger partial charge in [-0.15, -0.1) is 0 Å². The van der Waals surface area contributed by atoms with Gasteiger partial charge in [0.15, 0.2) is 0 Å². The highest BCUT2D eigenvalue weighted by atomic mass is 19.1. The van der Waals surface area contributed by atoms with Crippen LogP contribution in [-0.4, -0.2) is 12.1 Å². The zero-order chi connectivity index (χ0) is 14.5. The summed E-state index contributed by atoms with van der Waals surface area (Å²) in [5.41, 5.74) is 2.36. The van der Waals surface area contributed by atoms with E-state index >= 15 is 0 Å². The van der Waals surface area contributed by atoms with Crippen LogP contribution in [0.2, 0.25) is 0 Å². The van der Waals surface area contributed by atoms with Crippen molar-refractivity contribution in [1.29, 1.82) is 5.26 Å². The van der Waals surface area contributed by atoms with Gasteiger partial charge in [0.05, 0.1) is 24.9 Å². The Hall–Kier alpha value is -2.61. The number of ether oxygens (including phenoxy) is 1. The summed E-state index contributed by atoms with van der Waals surface area (Å²) < 4.78 is 18.4. The predicted octanol–water partition coefficient (Wildman–Crippen LogP) is 3.02. The van der Waals surface area contributed by atoms with Gasteiger partial charge in [-0.05, 0) is 25.1 Å². The largest absolute Gasteiger partial charge is 0.497 e. The van der Waals surface area contributed by atoms with Gasteiger partial charge in [0.2, 0.25) is 0 Å². The van der Waals surface area contributed by atoms with E-state index in [0.717, 1.165) is 17.1 Å². The molecule has 1 heterocycles. The van der Waals surface area contributed by atoms with E-state index in [0.29, 0.717) is 12.2 Å². The van der Waals surface area contributed by atoms with Gasteiger partial charge in [0.1, 0.15) is 17.6 Å². The Balaban J connectivity index is 2.13. The lowest BCUT2D eigenvalue weighted by atomic mass is 10.2. The van der Waals surface area contributed by atoms with Crippen LogP contribution in [0.3, 0.4) is 0 Å². The molecular weight excluding hydrogens is 257 g/mol. The molecule has 0 fully saturated rings. The number of aryl methyl sites for hydroxylation is 1. The van der Waals surface area contributed by atoms with Crippen LogP contribution in [0.5, 0.6) is 5.75 Å². The second-order valence-electron chi connectivity index (χ2n) is 4.30. The topological polar surface area (TPSA) is 57.9 Å². The molecule has 0 unspecified atom stereocenters. The molecule has 5 heteroatoms. The molecule has 0 aliphatic rings. The van der Waals surface area contributed by atoms with Crippen LogP contribution in [0, 0.1) is 24.1 Å². The summed E-state index contributed by atoms with van der Waals surface area (Å²) in [6, 6.07) is 9.81. The third kappa shape index (κ3) is 3.23. The molecule has 0 spiro atoms. The van der Waals surface area contributed by atoms with Gasteiger partial charge in [0.25, 0.3) is 0 Å². The second-order valence-corrected chi connectivity index (χ2v) is 4.30. The zero-order valence-corrected chi connectivity index (χ0v) is 11.3. The maximum atomic E-state index is 13.2. The number of nitriles is 1. The minimum atomic E-state index is -0.520. The van der Waals surface area contributed by atoms with Crippen molar-refractivity contribution in [3.8, 4) is 11.8 Å². The second kappa shape index (κ2) is 6.02. The summed E-state index contributed by atoms with van der Waals surface area (Å²) >= 11 is 0. The van der Waals surface area contributed by atoms with Crippen molar-refractivity contribution in [2.24, 2.45) is 0 Å². The summed E-state index contributed by atoms with van der Waals surface area (Å²) in [5, 5.41) is 11.9. The lowest BCUT2D eigenvalue weighted by Gasteiger charge is -2.09. The number of hydrogen-bond donors (Lipinski definition) is 1. The first-order chi connectivity index (χ1) is 9.62. The van der Waals surface area contributed by atoms with Crippen molar-refractivity contribution < 1.29 is 9.13 Å². The molecule has 2 aromatic rings. The van der Waals surface area contributed by atoms with Crippen molar-refractivity contribution in [1.82, 2.24) is 4.98 Å². The number of hydrogen-bond acceptors (Lipinski definition) is 4. The Labute approximate surface area is 116 Å². The maximum Gasteiger partial charge on any atom is 0.141 e. The van der Waals surface area contributed by atoms with Crippen LogP contribution in [0.25, 0.3) is 0 Å². The van der Waals surface area contributed by atoms with Gasteiger partial charge in [-0.25, -0.2) is 4.39 Å². The number of nitrogens with zero attached hydrogens (tertiary/aromatic N) is 2. The lowest BCUT2D eigenvalue weighted by Crippen LogP contribution is -2.03. The summed E-state index contributed by atoms with van der Waals surface area (Å²) in [5.74, 6) is 0.222. The highest BCUT2D eigenvalue weighted by molar-refractivity contribution is 5.50. The lowest BCUT2D eigenvalue weighted by molar-refractivity contribution is 0.413.